The smallest absolute Gasteiger partial charge is 0.322 e. The van der Waals surface area contributed by atoms with Gasteiger partial charge in [0.15, 0.2) is 0 Å². The largest absolute Gasteiger partial charge is 0.468 e. The molecule has 1 amide bonds. The Morgan fingerprint density at radius 1 is 1.62 bits per heavy atom. The minimum absolute atomic E-state index is 0.297. The van der Waals surface area contributed by atoms with Gasteiger partial charge in [0, 0.05) is 6.54 Å². The Morgan fingerprint density at radius 3 is 2.54 bits per heavy atom. The van der Waals surface area contributed by atoms with E-state index in [4.69, 9.17) is 5.73 Å². The summed E-state index contributed by atoms with van der Waals surface area (Å²) in [7, 11) is 1.33. The van der Waals surface area contributed by atoms with E-state index in [9.17, 15) is 9.59 Å². The number of rotatable bonds is 3. The number of nitrogens with zero attached hydrogens (tertiary/aromatic N) is 1. The van der Waals surface area contributed by atoms with Crippen LogP contribution in [0.3, 0.4) is 0 Å². The van der Waals surface area contributed by atoms with Crippen LogP contribution in [0.15, 0.2) is 0 Å². The average molecular weight is 186 g/mol. The molecular formula is C8H14N2O3. The molecule has 5 nitrogen and oxygen atoms in total. The van der Waals surface area contributed by atoms with Gasteiger partial charge in [0.25, 0.3) is 0 Å². The molecule has 13 heavy (non-hydrogen) atoms. The van der Waals surface area contributed by atoms with Crippen LogP contribution in [0, 0.1) is 0 Å². The number of nitrogens with two attached hydrogens (primary N) is 1. The molecule has 0 spiro atoms. The van der Waals surface area contributed by atoms with Gasteiger partial charge in [-0.05, 0) is 13.3 Å². The molecule has 2 atom stereocenters. The summed E-state index contributed by atoms with van der Waals surface area (Å²) in [6.45, 7) is 2.44. The molecule has 5 heteroatoms. The molecule has 2 N–H and O–H groups in total. The number of amides is 1. The first kappa shape index (κ1) is 9.98. The molecule has 1 aliphatic heterocycles. The van der Waals surface area contributed by atoms with E-state index in [0.29, 0.717) is 0 Å². The fourth-order valence-electron chi connectivity index (χ4n) is 1.48. The fraction of sp³-hybridized carbons (Fsp3) is 0.750. The fourth-order valence-corrected chi connectivity index (χ4v) is 1.48. The van der Waals surface area contributed by atoms with E-state index < -0.39 is 0 Å². The second-order valence-electron chi connectivity index (χ2n) is 3.14. The van der Waals surface area contributed by atoms with Gasteiger partial charge in [0.05, 0.1) is 13.2 Å². The summed E-state index contributed by atoms with van der Waals surface area (Å²) in [5.41, 5.74) is 5.13. The Kier molecular flexibility index (Phi) is 2.87. The highest BCUT2D eigenvalue weighted by molar-refractivity contribution is 5.83. The SMILES string of the molecule is COC(=O)C(C)N1CCC1C(N)=O. The van der Waals surface area contributed by atoms with Gasteiger partial charge in [-0.15, -0.1) is 0 Å². The summed E-state index contributed by atoms with van der Waals surface area (Å²) in [5.74, 6) is -0.701. The van der Waals surface area contributed by atoms with Crippen LogP contribution in [-0.4, -0.2) is 42.5 Å². The summed E-state index contributed by atoms with van der Waals surface area (Å²) in [5, 5.41) is 0. The van der Waals surface area contributed by atoms with E-state index in [0.717, 1.165) is 13.0 Å². The minimum Gasteiger partial charge on any atom is -0.468 e. The van der Waals surface area contributed by atoms with Gasteiger partial charge in [-0.1, -0.05) is 0 Å². The second-order valence-corrected chi connectivity index (χ2v) is 3.14. The monoisotopic (exact) mass is 186 g/mol. The first-order valence-corrected chi connectivity index (χ1v) is 4.20. The number of primary amides is 1. The van der Waals surface area contributed by atoms with Gasteiger partial charge in [-0.3, -0.25) is 14.5 Å². The Morgan fingerprint density at radius 2 is 2.23 bits per heavy atom. The van der Waals surface area contributed by atoms with E-state index in [1.807, 2.05) is 0 Å². The van der Waals surface area contributed by atoms with E-state index in [1.165, 1.54) is 7.11 Å². The molecule has 2 unspecified atom stereocenters. The van der Waals surface area contributed by atoms with Gasteiger partial charge in [0.2, 0.25) is 5.91 Å². The van der Waals surface area contributed by atoms with Crippen LogP contribution in [0.1, 0.15) is 13.3 Å². The maximum atomic E-state index is 11.1. The number of esters is 1. The van der Waals surface area contributed by atoms with Crippen LogP contribution >= 0.6 is 0 Å². The van der Waals surface area contributed by atoms with Crippen molar-refractivity contribution in [3.8, 4) is 0 Å². The molecule has 1 heterocycles. The number of hydrogen-bond donors (Lipinski definition) is 1. The van der Waals surface area contributed by atoms with Gasteiger partial charge in [-0.25, -0.2) is 0 Å². The molecule has 1 saturated heterocycles. The van der Waals surface area contributed by atoms with E-state index in [-0.39, 0.29) is 24.0 Å². The summed E-state index contributed by atoms with van der Waals surface area (Å²) in [4.78, 5) is 23.7. The molecule has 1 aliphatic rings. The van der Waals surface area contributed by atoms with Crippen molar-refractivity contribution in [1.82, 2.24) is 4.90 Å². The minimum atomic E-state index is -0.378. The first-order chi connectivity index (χ1) is 6.07. The molecule has 0 radical (unpaired) electrons. The summed E-state index contributed by atoms with van der Waals surface area (Å²) in [6.07, 6.45) is 0.733. The molecule has 1 fully saturated rings. The maximum absolute atomic E-state index is 11.1. The molecule has 0 saturated carbocycles. The van der Waals surface area contributed by atoms with Gasteiger partial charge in [-0.2, -0.15) is 0 Å². The van der Waals surface area contributed by atoms with Crippen LogP contribution < -0.4 is 5.73 Å². The highest BCUT2D eigenvalue weighted by atomic mass is 16.5. The number of ether oxygens (including phenoxy) is 1. The zero-order chi connectivity index (χ0) is 10.0. The maximum Gasteiger partial charge on any atom is 0.322 e. The number of hydrogen-bond acceptors (Lipinski definition) is 4. The Balaban J connectivity index is 2.53. The highest BCUT2D eigenvalue weighted by Gasteiger charge is 2.38. The Labute approximate surface area is 76.8 Å². The van der Waals surface area contributed by atoms with Crippen molar-refractivity contribution in [2.75, 3.05) is 13.7 Å². The molecule has 0 aromatic heterocycles. The second kappa shape index (κ2) is 3.74. The zero-order valence-electron chi connectivity index (χ0n) is 7.82. The standard InChI is InChI=1S/C8H14N2O3/c1-5(8(12)13-2)10-4-3-6(10)7(9)11/h5-6H,3-4H2,1-2H3,(H2,9,11). The third-order valence-corrected chi connectivity index (χ3v) is 2.43. The lowest BCUT2D eigenvalue weighted by Gasteiger charge is -2.41. The third kappa shape index (κ3) is 1.80. The average Bonchev–Trinajstić information content (AvgIpc) is 1.99. The normalized spacial score (nSPS) is 24.6. The molecule has 74 valence electrons. The predicted octanol–water partition coefficient (Wildman–Crippen LogP) is -0.892. The molecular weight excluding hydrogens is 172 g/mol. The number of carbonyl (C=O) groups is 2. The number of likely N-dealkylation sites (tertiary alicyclic amines) is 1. The Bertz CT molecular complexity index is 229. The van der Waals surface area contributed by atoms with Crippen molar-refractivity contribution in [3.63, 3.8) is 0 Å². The Hall–Kier alpha value is -1.10. The third-order valence-electron chi connectivity index (χ3n) is 2.43. The van der Waals surface area contributed by atoms with Crippen LogP contribution in [0.4, 0.5) is 0 Å². The highest BCUT2D eigenvalue weighted by Crippen LogP contribution is 2.20. The molecule has 0 aromatic rings. The topological polar surface area (TPSA) is 72.6 Å². The number of carbonyl (C=O) groups excluding carboxylic acids is 2. The van der Waals surface area contributed by atoms with Gasteiger partial charge >= 0.3 is 5.97 Å². The van der Waals surface area contributed by atoms with E-state index in [2.05, 4.69) is 4.74 Å². The van der Waals surface area contributed by atoms with Crippen molar-refractivity contribution < 1.29 is 14.3 Å². The molecule has 0 aliphatic carbocycles. The van der Waals surface area contributed by atoms with Crippen molar-refractivity contribution in [2.24, 2.45) is 5.73 Å². The zero-order valence-corrected chi connectivity index (χ0v) is 7.82. The van der Waals surface area contributed by atoms with Crippen LogP contribution in [-0.2, 0) is 14.3 Å². The van der Waals surface area contributed by atoms with E-state index >= 15 is 0 Å². The van der Waals surface area contributed by atoms with Gasteiger partial charge < -0.3 is 10.5 Å². The van der Waals surface area contributed by atoms with Crippen molar-refractivity contribution in [3.05, 3.63) is 0 Å². The lowest BCUT2D eigenvalue weighted by molar-refractivity contribution is -0.151. The van der Waals surface area contributed by atoms with Crippen LogP contribution in [0.25, 0.3) is 0 Å². The quantitative estimate of drug-likeness (QED) is 0.580. The predicted molar refractivity (Wildman–Crippen MR) is 45.8 cm³/mol. The van der Waals surface area contributed by atoms with Crippen molar-refractivity contribution in [2.45, 2.75) is 25.4 Å². The molecule has 1 rings (SSSR count). The number of methoxy groups -OCH3 is 1. The molecule has 0 bridgehead atoms. The summed E-state index contributed by atoms with van der Waals surface area (Å²) >= 11 is 0. The van der Waals surface area contributed by atoms with Crippen molar-refractivity contribution in [1.29, 1.82) is 0 Å². The lowest BCUT2D eigenvalue weighted by Crippen LogP contribution is -2.60. The lowest BCUT2D eigenvalue weighted by atomic mass is 10.00. The first-order valence-electron chi connectivity index (χ1n) is 4.20. The molecule has 0 aromatic carbocycles. The van der Waals surface area contributed by atoms with Crippen LogP contribution in [0.5, 0.6) is 0 Å². The van der Waals surface area contributed by atoms with Gasteiger partial charge in [0.1, 0.15) is 6.04 Å². The van der Waals surface area contributed by atoms with E-state index in [1.54, 1.807) is 11.8 Å². The van der Waals surface area contributed by atoms with Crippen molar-refractivity contribution >= 4 is 11.9 Å². The van der Waals surface area contributed by atoms with Crippen LogP contribution in [0.2, 0.25) is 0 Å². The summed E-state index contributed by atoms with van der Waals surface area (Å²) < 4.78 is 4.56. The summed E-state index contributed by atoms with van der Waals surface area (Å²) in [6, 6.07) is -0.676.